The van der Waals surface area contributed by atoms with Crippen molar-refractivity contribution in [1.82, 2.24) is 19.7 Å². The van der Waals surface area contributed by atoms with Crippen molar-refractivity contribution in [2.75, 3.05) is 52.4 Å². The van der Waals surface area contributed by atoms with Gasteiger partial charge in [0.05, 0.1) is 17.3 Å². The largest absolute Gasteiger partial charge is 0.395 e. The van der Waals surface area contributed by atoms with E-state index in [0.717, 1.165) is 45.3 Å². The van der Waals surface area contributed by atoms with Gasteiger partial charge in [0, 0.05) is 63.3 Å². The number of thiazole rings is 1. The smallest absolute Gasteiger partial charge is 0.0900 e. The van der Waals surface area contributed by atoms with E-state index in [4.69, 9.17) is 5.11 Å². The lowest BCUT2D eigenvalue weighted by atomic mass is 10.0. The highest BCUT2D eigenvalue weighted by atomic mass is 32.1. The molecule has 1 aromatic heterocycles. The lowest BCUT2D eigenvalue weighted by molar-refractivity contribution is 0.0518. The van der Waals surface area contributed by atoms with E-state index in [2.05, 4.69) is 33.5 Å². The molecule has 1 aromatic rings. The average molecular weight is 339 g/mol. The quantitative estimate of drug-likeness (QED) is 0.877. The SMILES string of the molecule is Cc1nc(C)c(CN2CCC(N3CCN(CCO)CC3)CC2)s1. The van der Waals surface area contributed by atoms with E-state index in [9.17, 15) is 0 Å². The fraction of sp³-hybridized carbons (Fsp3) is 0.824. The van der Waals surface area contributed by atoms with Gasteiger partial charge in [-0.3, -0.25) is 14.7 Å². The molecule has 6 heteroatoms. The van der Waals surface area contributed by atoms with Gasteiger partial charge in [0.15, 0.2) is 0 Å². The highest BCUT2D eigenvalue weighted by Crippen LogP contribution is 2.23. The minimum atomic E-state index is 0.287. The molecule has 0 atom stereocenters. The standard InChI is InChI=1S/C17H30N4OS/c1-14-17(23-15(2)18-14)13-20-5-3-16(4-6-20)21-9-7-19(8-10-21)11-12-22/h16,22H,3-13H2,1-2H3. The highest BCUT2D eigenvalue weighted by Gasteiger charge is 2.27. The number of hydrogen-bond donors (Lipinski definition) is 1. The molecule has 1 N–H and O–H groups in total. The summed E-state index contributed by atoms with van der Waals surface area (Å²) >= 11 is 1.85. The molecule has 2 fully saturated rings. The van der Waals surface area contributed by atoms with Gasteiger partial charge in [-0.25, -0.2) is 4.98 Å². The molecule has 23 heavy (non-hydrogen) atoms. The maximum atomic E-state index is 9.04. The number of piperazine rings is 1. The summed E-state index contributed by atoms with van der Waals surface area (Å²) in [6.07, 6.45) is 2.58. The van der Waals surface area contributed by atoms with Gasteiger partial charge >= 0.3 is 0 Å². The van der Waals surface area contributed by atoms with Gasteiger partial charge in [-0.1, -0.05) is 0 Å². The van der Waals surface area contributed by atoms with Crippen LogP contribution in [-0.4, -0.2) is 83.3 Å². The first-order valence-electron chi connectivity index (χ1n) is 8.88. The molecule has 2 aliphatic heterocycles. The number of hydrogen-bond acceptors (Lipinski definition) is 6. The fourth-order valence-corrected chi connectivity index (χ4v) is 4.84. The van der Waals surface area contributed by atoms with E-state index in [0.29, 0.717) is 0 Å². The van der Waals surface area contributed by atoms with Gasteiger partial charge in [0.1, 0.15) is 0 Å². The molecule has 0 spiro atoms. The second-order valence-corrected chi connectivity index (χ2v) is 8.14. The van der Waals surface area contributed by atoms with Crippen LogP contribution in [0.5, 0.6) is 0 Å². The maximum Gasteiger partial charge on any atom is 0.0900 e. The monoisotopic (exact) mass is 338 g/mol. The van der Waals surface area contributed by atoms with Gasteiger partial charge in [0.2, 0.25) is 0 Å². The Labute approximate surface area is 143 Å². The van der Waals surface area contributed by atoms with Crippen molar-refractivity contribution in [3.63, 3.8) is 0 Å². The van der Waals surface area contributed by atoms with Gasteiger partial charge < -0.3 is 5.11 Å². The zero-order chi connectivity index (χ0) is 16.2. The molecule has 0 amide bonds. The number of aliphatic hydroxyl groups excluding tert-OH is 1. The minimum absolute atomic E-state index is 0.287. The van der Waals surface area contributed by atoms with Crippen molar-refractivity contribution in [3.8, 4) is 0 Å². The van der Waals surface area contributed by atoms with Crippen molar-refractivity contribution >= 4 is 11.3 Å². The summed E-state index contributed by atoms with van der Waals surface area (Å²) in [5.74, 6) is 0. The van der Waals surface area contributed by atoms with Gasteiger partial charge in [-0.2, -0.15) is 0 Å². The summed E-state index contributed by atoms with van der Waals surface area (Å²) in [4.78, 5) is 13.6. The molecule has 0 radical (unpaired) electrons. The van der Waals surface area contributed by atoms with Gasteiger partial charge in [0.25, 0.3) is 0 Å². The van der Waals surface area contributed by atoms with Crippen molar-refractivity contribution in [2.24, 2.45) is 0 Å². The Hall–Kier alpha value is -0.530. The van der Waals surface area contributed by atoms with Crippen LogP contribution in [0.2, 0.25) is 0 Å². The summed E-state index contributed by atoms with van der Waals surface area (Å²) in [6, 6.07) is 0.756. The zero-order valence-electron chi connectivity index (χ0n) is 14.5. The molecule has 0 unspecified atom stereocenters. The Balaban J connectivity index is 1.43. The fourth-order valence-electron chi connectivity index (χ4n) is 3.86. The molecular formula is C17H30N4OS. The van der Waals surface area contributed by atoms with E-state index in [1.807, 2.05) is 11.3 Å². The van der Waals surface area contributed by atoms with E-state index < -0.39 is 0 Å². The van der Waals surface area contributed by atoms with Gasteiger partial charge in [-0.05, 0) is 26.7 Å². The van der Waals surface area contributed by atoms with Crippen LogP contribution in [0, 0.1) is 13.8 Å². The third-order valence-electron chi connectivity index (χ3n) is 5.26. The summed E-state index contributed by atoms with van der Waals surface area (Å²) in [5.41, 5.74) is 1.22. The number of β-amino-alcohol motifs (C(OH)–C–C–N with tert-alkyl or cyclic N) is 1. The molecule has 2 saturated heterocycles. The lowest BCUT2D eigenvalue weighted by Gasteiger charge is -2.42. The maximum absolute atomic E-state index is 9.04. The van der Waals surface area contributed by atoms with Crippen LogP contribution in [0.4, 0.5) is 0 Å². The van der Waals surface area contributed by atoms with Crippen LogP contribution in [0.1, 0.15) is 28.4 Å². The van der Waals surface area contributed by atoms with Gasteiger partial charge in [-0.15, -0.1) is 11.3 Å². The summed E-state index contributed by atoms with van der Waals surface area (Å²) in [6.45, 7) is 13.4. The van der Waals surface area contributed by atoms with Crippen LogP contribution < -0.4 is 0 Å². The molecule has 0 aliphatic carbocycles. The third kappa shape index (κ3) is 4.51. The molecule has 3 rings (SSSR count). The second-order valence-electron chi connectivity index (χ2n) is 6.85. The normalized spacial score (nSPS) is 22.7. The molecule has 0 saturated carbocycles. The van der Waals surface area contributed by atoms with Crippen molar-refractivity contribution < 1.29 is 5.11 Å². The molecular weight excluding hydrogens is 308 g/mol. The van der Waals surface area contributed by atoms with Crippen LogP contribution in [0.15, 0.2) is 0 Å². The molecule has 5 nitrogen and oxygen atoms in total. The topological polar surface area (TPSA) is 42.8 Å². The number of aliphatic hydroxyl groups is 1. The van der Waals surface area contributed by atoms with Crippen LogP contribution in [-0.2, 0) is 6.54 Å². The van der Waals surface area contributed by atoms with Crippen molar-refractivity contribution in [2.45, 2.75) is 39.3 Å². The number of rotatable bonds is 5. The van der Waals surface area contributed by atoms with Crippen LogP contribution in [0.25, 0.3) is 0 Å². The number of nitrogens with zero attached hydrogens (tertiary/aromatic N) is 4. The zero-order valence-corrected chi connectivity index (χ0v) is 15.3. The summed E-state index contributed by atoms with van der Waals surface area (Å²) < 4.78 is 0. The second kappa shape index (κ2) is 8.03. The Kier molecular flexibility index (Phi) is 6.04. The molecule has 0 bridgehead atoms. The van der Waals surface area contributed by atoms with E-state index in [1.165, 1.54) is 41.5 Å². The number of aryl methyl sites for hydroxylation is 2. The molecule has 130 valence electrons. The Morgan fingerprint density at radius 3 is 2.30 bits per heavy atom. The Bertz CT molecular complexity index is 491. The first-order chi connectivity index (χ1) is 11.2. The number of aromatic nitrogens is 1. The molecule has 3 heterocycles. The third-order valence-corrected chi connectivity index (χ3v) is 6.32. The van der Waals surface area contributed by atoms with E-state index >= 15 is 0 Å². The first-order valence-corrected chi connectivity index (χ1v) is 9.70. The highest BCUT2D eigenvalue weighted by molar-refractivity contribution is 7.11. The number of piperidine rings is 1. The van der Waals surface area contributed by atoms with E-state index in [1.54, 1.807) is 0 Å². The summed E-state index contributed by atoms with van der Waals surface area (Å²) in [7, 11) is 0. The predicted octanol–water partition coefficient (Wildman–Crippen LogP) is 1.33. The van der Waals surface area contributed by atoms with E-state index in [-0.39, 0.29) is 6.61 Å². The number of likely N-dealkylation sites (tertiary alicyclic amines) is 1. The van der Waals surface area contributed by atoms with Crippen molar-refractivity contribution in [3.05, 3.63) is 15.6 Å². The van der Waals surface area contributed by atoms with Crippen molar-refractivity contribution in [1.29, 1.82) is 0 Å². The first kappa shape index (κ1) is 17.3. The van der Waals surface area contributed by atoms with Crippen LogP contribution >= 0.6 is 11.3 Å². The summed E-state index contributed by atoms with van der Waals surface area (Å²) in [5, 5.41) is 10.2. The lowest BCUT2D eigenvalue weighted by Crippen LogP contribution is -2.53. The predicted molar refractivity (Wildman–Crippen MR) is 95.0 cm³/mol. The van der Waals surface area contributed by atoms with Crippen LogP contribution in [0.3, 0.4) is 0 Å². The molecule has 2 aliphatic rings. The molecule has 0 aromatic carbocycles. The Morgan fingerprint density at radius 2 is 1.74 bits per heavy atom. The average Bonchev–Trinajstić information content (AvgIpc) is 2.87. The minimum Gasteiger partial charge on any atom is -0.395 e. The Morgan fingerprint density at radius 1 is 1.04 bits per heavy atom.